The SMILES string of the molecule is Cc1c(-c2ccc(F)cc2)cnc2c(C(=O)O)ncn12. The predicted molar refractivity (Wildman–Crippen MR) is 70.1 cm³/mol. The van der Waals surface area contributed by atoms with Gasteiger partial charge in [0.15, 0.2) is 11.3 Å². The fraction of sp³-hybridized carbons (Fsp3) is 0.0714. The first-order valence-corrected chi connectivity index (χ1v) is 5.90. The standard InChI is InChI=1S/C14H10FN3O2/c1-8-11(9-2-4-10(15)5-3-9)6-16-13-12(14(19)20)17-7-18(8)13/h2-7H,1H3,(H,19,20). The molecule has 1 aromatic carbocycles. The average molecular weight is 271 g/mol. The number of halogens is 1. The molecule has 0 aliphatic rings. The highest BCUT2D eigenvalue weighted by Gasteiger charge is 2.16. The van der Waals surface area contributed by atoms with E-state index >= 15 is 0 Å². The van der Waals surface area contributed by atoms with Crippen LogP contribution in [0.25, 0.3) is 16.8 Å². The van der Waals surface area contributed by atoms with Crippen LogP contribution in [-0.4, -0.2) is 25.4 Å². The fourth-order valence-electron chi connectivity index (χ4n) is 2.12. The lowest BCUT2D eigenvalue weighted by Crippen LogP contribution is -2.01. The molecule has 0 spiro atoms. The van der Waals surface area contributed by atoms with Crippen LogP contribution in [0.2, 0.25) is 0 Å². The summed E-state index contributed by atoms with van der Waals surface area (Å²) in [5.41, 5.74) is 2.61. The molecule has 0 unspecified atom stereocenters. The van der Waals surface area contributed by atoms with Crippen molar-refractivity contribution in [2.45, 2.75) is 6.92 Å². The summed E-state index contributed by atoms with van der Waals surface area (Å²) in [6.45, 7) is 1.83. The number of hydrogen-bond donors (Lipinski definition) is 1. The van der Waals surface area contributed by atoms with E-state index in [1.165, 1.54) is 18.5 Å². The van der Waals surface area contributed by atoms with Gasteiger partial charge in [-0.15, -0.1) is 0 Å². The van der Waals surface area contributed by atoms with Crippen LogP contribution in [-0.2, 0) is 0 Å². The zero-order valence-electron chi connectivity index (χ0n) is 10.5. The smallest absolute Gasteiger partial charge is 0.358 e. The van der Waals surface area contributed by atoms with Gasteiger partial charge in [0.1, 0.15) is 12.1 Å². The molecule has 0 bridgehead atoms. The Kier molecular flexibility index (Phi) is 2.71. The Morgan fingerprint density at radius 3 is 2.60 bits per heavy atom. The van der Waals surface area contributed by atoms with Crippen LogP contribution in [0, 0.1) is 12.7 Å². The van der Waals surface area contributed by atoms with E-state index in [2.05, 4.69) is 9.97 Å². The summed E-state index contributed by atoms with van der Waals surface area (Å²) >= 11 is 0. The minimum absolute atomic E-state index is 0.0845. The first kappa shape index (κ1) is 12.3. The Labute approximate surface area is 113 Å². The molecule has 0 aliphatic carbocycles. The van der Waals surface area contributed by atoms with Crippen molar-refractivity contribution in [3.05, 3.63) is 54.0 Å². The molecule has 0 amide bonds. The maximum absolute atomic E-state index is 13.0. The van der Waals surface area contributed by atoms with E-state index in [0.717, 1.165) is 16.8 Å². The van der Waals surface area contributed by atoms with Crippen molar-refractivity contribution in [1.29, 1.82) is 0 Å². The summed E-state index contributed by atoms with van der Waals surface area (Å²) in [6.07, 6.45) is 3.00. The van der Waals surface area contributed by atoms with E-state index in [-0.39, 0.29) is 11.5 Å². The van der Waals surface area contributed by atoms with Crippen molar-refractivity contribution < 1.29 is 14.3 Å². The fourth-order valence-corrected chi connectivity index (χ4v) is 2.12. The van der Waals surface area contributed by atoms with Crippen LogP contribution in [0.3, 0.4) is 0 Å². The molecule has 2 aromatic heterocycles. The molecule has 0 aliphatic heterocycles. The lowest BCUT2D eigenvalue weighted by atomic mass is 10.1. The molecule has 100 valence electrons. The van der Waals surface area contributed by atoms with Gasteiger partial charge >= 0.3 is 5.97 Å². The number of carboxylic acids is 1. The van der Waals surface area contributed by atoms with Crippen LogP contribution in [0.1, 0.15) is 16.2 Å². The Morgan fingerprint density at radius 1 is 1.25 bits per heavy atom. The van der Waals surface area contributed by atoms with Gasteiger partial charge in [-0.25, -0.2) is 19.2 Å². The zero-order chi connectivity index (χ0) is 14.3. The van der Waals surface area contributed by atoms with Gasteiger partial charge in [-0.2, -0.15) is 0 Å². The van der Waals surface area contributed by atoms with Crippen molar-refractivity contribution in [2.24, 2.45) is 0 Å². The summed E-state index contributed by atoms with van der Waals surface area (Å²) in [6, 6.07) is 6.05. The lowest BCUT2D eigenvalue weighted by molar-refractivity contribution is 0.0693. The second kappa shape index (κ2) is 4.41. The average Bonchev–Trinajstić information content (AvgIpc) is 2.85. The van der Waals surface area contributed by atoms with E-state index in [9.17, 15) is 9.18 Å². The molecule has 0 atom stereocenters. The number of carboxylic acid groups (broad SMARTS) is 1. The maximum atomic E-state index is 13.0. The molecule has 0 fully saturated rings. The number of nitrogens with zero attached hydrogens (tertiary/aromatic N) is 3. The van der Waals surface area contributed by atoms with Crippen LogP contribution in [0.4, 0.5) is 4.39 Å². The van der Waals surface area contributed by atoms with E-state index in [0.29, 0.717) is 5.65 Å². The van der Waals surface area contributed by atoms with Crippen molar-refractivity contribution in [1.82, 2.24) is 14.4 Å². The lowest BCUT2D eigenvalue weighted by Gasteiger charge is -2.08. The third kappa shape index (κ3) is 1.82. The highest BCUT2D eigenvalue weighted by atomic mass is 19.1. The van der Waals surface area contributed by atoms with Crippen LogP contribution >= 0.6 is 0 Å². The second-order valence-corrected chi connectivity index (χ2v) is 4.36. The number of imidazole rings is 1. The van der Waals surface area contributed by atoms with E-state index in [4.69, 9.17) is 5.11 Å². The number of hydrogen-bond acceptors (Lipinski definition) is 3. The summed E-state index contributed by atoms with van der Waals surface area (Å²) in [5, 5.41) is 9.02. The molecule has 5 nitrogen and oxygen atoms in total. The summed E-state index contributed by atoms with van der Waals surface area (Å²) < 4.78 is 14.6. The number of rotatable bonds is 2. The van der Waals surface area contributed by atoms with E-state index in [1.54, 1.807) is 22.7 Å². The van der Waals surface area contributed by atoms with Gasteiger partial charge in [-0.05, 0) is 24.6 Å². The molecule has 1 N–H and O–H groups in total. The Hall–Kier alpha value is -2.76. The highest BCUT2D eigenvalue weighted by molar-refractivity contribution is 5.92. The topological polar surface area (TPSA) is 67.5 Å². The number of benzene rings is 1. The molecule has 0 saturated carbocycles. The summed E-state index contributed by atoms with van der Waals surface area (Å²) in [5.74, 6) is -1.43. The molecular weight excluding hydrogens is 261 g/mol. The largest absolute Gasteiger partial charge is 0.476 e. The van der Waals surface area contributed by atoms with Crippen LogP contribution in [0.5, 0.6) is 0 Å². The van der Waals surface area contributed by atoms with E-state index < -0.39 is 5.97 Å². The first-order chi connectivity index (χ1) is 9.58. The Bertz CT molecular complexity index is 809. The monoisotopic (exact) mass is 271 g/mol. The first-order valence-electron chi connectivity index (χ1n) is 5.90. The number of aromatic carboxylic acids is 1. The maximum Gasteiger partial charge on any atom is 0.358 e. The van der Waals surface area contributed by atoms with Crippen molar-refractivity contribution in [3.8, 4) is 11.1 Å². The molecular formula is C14H10FN3O2. The van der Waals surface area contributed by atoms with Gasteiger partial charge < -0.3 is 5.11 Å². The molecule has 0 radical (unpaired) electrons. The Balaban J connectivity index is 2.21. The minimum atomic E-state index is -1.12. The highest BCUT2D eigenvalue weighted by Crippen LogP contribution is 2.24. The van der Waals surface area contributed by atoms with Crippen molar-refractivity contribution in [2.75, 3.05) is 0 Å². The number of aromatic nitrogens is 3. The molecule has 6 heteroatoms. The van der Waals surface area contributed by atoms with Gasteiger partial charge in [0.2, 0.25) is 0 Å². The number of carbonyl (C=O) groups is 1. The third-order valence-electron chi connectivity index (χ3n) is 3.17. The molecule has 20 heavy (non-hydrogen) atoms. The Morgan fingerprint density at radius 2 is 1.95 bits per heavy atom. The van der Waals surface area contributed by atoms with Gasteiger partial charge in [0, 0.05) is 17.5 Å². The third-order valence-corrected chi connectivity index (χ3v) is 3.17. The quantitative estimate of drug-likeness (QED) is 0.777. The minimum Gasteiger partial charge on any atom is -0.476 e. The van der Waals surface area contributed by atoms with E-state index in [1.807, 2.05) is 6.92 Å². The zero-order valence-corrected chi connectivity index (χ0v) is 10.5. The normalized spacial score (nSPS) is 10.9. The van der Waals surface area contributed by atoms with Crippen LogP contribution < -0.4 is 0 Å². The predicted octanol–water partition coefficient (Wildman–Crippen LogP) is 2.54. The molecule has 3 aromatic rings. The van der Waals surface area contributed by atoms with Crippen molar-refractivity contribution >= 4 is 11.6 Å². The van der Waals surface area contributed by atoms with Crippen molar-refractivity contribution in [3.63, 3.8) is 0 Å². The van der Waals surface area contributed by atoms with Gasteiger partial charge in [0.05, 0.1) is 0 Å². The number of aryl methyl sites for hydroxylation is 1. The summed E-state index contributed by atoms with van der Waals surface area (Å²) in [7, 11) is 0. The van der Waals surface area contributed by atoms with Gasteiger partial charge in [-0.3, -0.25) is 4.40 Å². The molecule has 3 rings (SSSR count). The van der Waals surface area contributed by atoms with Gasteiger partial charge in [0.25, 0.3) is 0 Å². The van der Waals surface area contributed by atoms with Gasteiger partial charge in [-0.1, -0.05) is 12.1 Å². The number of fused-ring (bicyclic) bond motifs is 1. The molecule has 2 heterocycles. The molecule has 0 saturated heterocycles. The second-order valence-electron chi connectivity index (χ2n) is 4.36. The summed E-state index contributed by atoms with van der Waals surface area (Å²) in [4.78, 5) is 19.0. The van der Waals surface area contributed by atoms with Crippen LogP contribution in [0.15, 0.2) is 36.8 Å².